The first-order valence-electron chi connectivity index (χ1n) is 8.64. The molecule has 2 aromatic rings. The Bertz CT molecular complexity index is 1210. The van der Waals surface area contributed by atoms with Gasteiger partial charge in [0.15, 0.2) is 9.84 Å². The van der Waals surface area contributed by atoms with Crippen LogP contribution in [0.1, 0.15) is 29.2 Å². The fourth-order valence-electron chi connectivity index (χ4n) is 3.29. The molecule has 0 unspecified atom stereocenters. The fourth-order valence-corrected chi connectivity index (χ4v) is 5.24. The maximum absolute atomic E-state index is 12.7. The highest BCUT2D eigenvalue weighted by Gasteiger charge is 2.33. The number of aromatic hydroxyl groups is 1. The summed E-state index contributed by atoms with van der Waals surface area (Å²) < 4.78 is 29.7. The molecular formula is C19H18ClN3O5S. The van der Waals surface area contributed by atoms with Crippen LogP contribution in [0.5, 0.6) is 11.6 Å². The molecule has 1 atom stereocenters. The van der Waals surface area contributed by atoms with Gasteiger partial charge in [0, 0.05) is 6.21 Å². The lowest BCUT2D eigenvalue weighted by Crippen LogP contribution is -2.29. The fraction of sp³-hybridized carbons (Fsp3) is 0.316. The van der Waals surface area contributed by atoms with E-state index in [0.717, 1.165) is 4.57 Å². The first kappa shape index (κ1) is 20.9. The number of aliphatic imine (C=N–C) groups is 1. The van der Waals surface area contributed by atoms with Gasteiger partial charge < -0.3 is 9.84 Å². The number of pyridine rings is 1. The Hall–Kier alpha value is -2.83. The van der Waals surface area contributed by atoms with Gasteiger partial charge in [-0.15, -0.1) is 0 Å². The van der Waals surface area contributed by atoms with Crippen molar-refractivity contribution in [2.75, 3.05) is 18.6 Å². The molecule has 2 heterocycles. The number of sulfone groups is 1. The molecule has 0 radical (unpaired) electrons. The molecule has 1 aliphatic rings. The lowest BCUT2D eigenvalue weighted by molar-refractivity contribution is 0.379. The van der Waals surface area contributed by atoms with E-state index in [1.54, 1.807) is 18.2 Å². The second kappa shape index (κ2) is 7.89. The van der Waals surface area contributed by atoms with E-state index >= 15 is 0 Å². The standard InChI is InChI=1S/C19H18ClN3O5S/c1-11-14(8-21)18(24)23(13-5-6-29(26,27)10-13)19(25)15(11)9-22-12-3-4-17(28-2)16(20)7-12/h3-4,7,9,13,25H,5-6,10H2,1-2H3/t13-/m0/s1. The molecule has 1 saturated heterocycles. The normalized spacial score (nSPS) is 18.1. The summed E-state index contributed by atoms with van der Waals surface area (Å²) in [6, 6.07) is 5.96. The third kappa shape index (κ3) is 3.99. The summed E-state index contributed by atoms with van der Waals surface area (Å²) in [6.45, 7) is 1.53. The molecule has 1 N–H and O–H groups in total. The van der Waals surface area contributed by atoms with Gasteiger partial charge in [0.1, 0.15) is 17.4 Å². The quantitative estimate of drug-likeness (QED) is 0.736. The van der Waals surface area contributed by atoms with E-state index in [-0.39, 0.29) is 34.6 Å². The maximum atomic E-state index is 12.7. The lowest BCUT2D eigenvalue weighted by atomic mass is 10.0. The molecule has 3 rings (SSSR count). The SMILES string of the molecule is COc1ccc(N=Cc2c(C)c(C#N)c(=O)n([C@H]3CCS(=O)(=O)C3)c2O)cc1Cl. The molecule has 1 aromatic heterocycles. The number of rotatable bonds is 4. The molecule has 0 bridgehead atoms. The largest absolute Gasteiger partial charge is 0.495 e. The van der Waals surface area contributed by atoms with Gasteiger partial charge in [-0.05, 0) is 37.1 Å². The van der Waals surface area contributed by atoms with E-state index in [1.807, 2.05) is 6.07 Å². The molecule has 152 valence electrons. The third-order valence-corrected chi connectivity index (χ3v) is 6.89. The summed E-state index contributed by atoms with van der Waals surface area (Å²) in [6.07, 6.45) is 1.51. The van der Waals surface area contributed by atoms with Crippen LogP contribution in [0.25, 0.3) is 0 Å². The minimum atomic E-state index is -3.30. The zero-order valence-electron chi connectivity index (χ0n) is 15.7. The van der Waals surface area contributed by atoms with E-state index in [1.165, 1.54) is 20.2 Å². The summed E-state index contributed by atoms with van der Waals surface area (Å²) >= 11 is 6.09. The predicted octanol–water partition coefficient (Wildman–Crippen LogP) is 2.51. The van der Waals surface area contributed by atoms with Crippen LogP contribution in [-0.4, -0.2) is 42.9 Å². The Morgan fingerprint density at radius 2 is 2.17 bits per heavy atom. The zero-order chi connectivity index (χ0) is 21.3. The molecule has 10 heteroatoms. The number of hydrogen-bond donors (Lipinski definition) is 1. The van der Waals surface area contributed by atoms with Crippen molar-refractivity contribution in [3.63, 3.8) is 0 Å². The molecule has 0 aliphatic carbocycles. The minimum absolute atomic E-state index is 0.0763. The van der Waals surface area contributed by atoms with Crippen molar-refractivity contribution in [1.82, 2.24) is 4.57 Å². The van der Waals surface area contributed by atoms with Crippen molar-refractivity contribution in [2.24, 2.45) is 4.99 Å². The topological polar surface area (TPSA) is 122 Å². The summed E-state index contributed by atoms with van der Waals surface area (Å²) in [5.74, 6) is -0.282. The highest BCUT2D eigenvalue weighted by atomic mass is 35.5. The van der Waals surface area contributed by atoms with Crippen LogP contribution in [-0.2, 0) is 9.84 Å². The molecule has 29 heavy (non-hydrogen) atoms. The van der Waals surface area contributed by atoms with Gasteiger partial charge >= 0.3 is 0 Å². The maximum Gasteiger partial charge on any atom is 0.271 e. The van der Waals surface area contributed by atoms with Gasteiger partial charge in [-0.25, -0.2) is 8.42 Å². The number of benzene rings is 1. The van der Waals surface area contributed by atoms with Gasteiger partial charge in [-0.2, -0.15) is 5.26 Å². The summed E-state index contributed by atoms with van der Waals surface area (Å²) in [7, 11) is -1.81. The average molecular weight is 436 g/mol. The van der Waals surface area contributed by atoms with Crippen LogP contribution in [0, 0.1) is 18.3 Å². The van der Waals surface area contributed by atoms with Crippen molar-refractivity contribution in [1.29, 1.82) is 5.26 Å². The Morgan fingerprint density at radius 1 is 1.45 bits per heavy atom. The molecule has 1 fully saturated rings. The van der Waals surface area contributed by atoms with Gasteiger partial charge in [0.2, 0.25) is 5.88 Å². The van der Waals surface area contributed by atoms with Gasteiger partial charge in [0.25, 0.3) is 5.56 Å². The van der Waals surface area contributed by atoms with Crippen LogP contribution in [0.15, 0.2) is 28.0 Å². The highest BCUT2D eigenvalue weighted by Crippen LogP contribution is 2.31. The van der Waals surface area contributed by atoms with Crippen molar-refractivity contribution in [3.05, 3.63) is 50.3 Å². The first-order chi connectivity index (χ1) is 13.7. The van der Waals surface area contributed by atoms with E-state index in [9.17, 15) is 23.6 Å². The number of methoxy groups -OCH3 is 1. The molecular weight excluding hydrogens is 418 g/mol. The molecule has 0 amide bonds. The van der Waals surface area contributed by atoms with Crippen molar-refractivity contribution in [2.45, 2.75) is 19.4 Å². The van der Waals surface area contributed by atoms with E-state index < -0.39 is 27.3 Å². The van der Waals surface area contributed by atoms with Crippen molar-refractivity contribution in [3.8, 4) is 17.7 Å². The lowest BCUT2D eigenvalue weighted by Gasteiger charge is -2.18. The van der Waals surface area contributed by atoms with Gasteiger partial charge in [-0.1, -0.05) is 11.6 Å². The van der Waals surface area contributed by atoms with E-state index in [0.29, 0.717) is 16.5 Å². The molecule has 0 saturated carbocycles. The number of ether oxygens (including phenoxy) is 1. The van der Waals surface area contributed by atoms with Crippen molar-refractivity contribution >= 4 is 33.3 Å². The summed E-state index contributed by atoms with van der Waals surface area (Å²) in [4.78, 5) is 17.0. The second-order valence-electron chi connectivity index (χ2n) is 6.66. The second-order valence-corrected chi connectivity index (χ2v) is 9.29. The summed E-state index contributed by atoms with van der Waals surface area (Å²) in [5.41, 5.74) is 0.0118. The molecule has 1 aromatic carbocycles. The van der Waals surface area contributed by atoms with Crippen molar-refractivity contribution < 1.29 is 18.3 Å². The Kier molecular flexibility index (Phi) is 5.68. The minimum Gasteiger partial charge on any atom is -0.495 e. The molecule has 0 spiro atoms. The highest BCUT2D eigenvalue weighted by molar-refractivity contribution is 7.91. The first-order valence-corrected chi connectivity index (χ1v) is 10.8. The Morgan fingerprint density at radius 3 is 2.72 bits per heavy atom. The Balaban J connectivity index is 2.12. The summed E-state index contributed by atoms with van der Waals surface area (Å²) in [5, 5.41) is 20.5. The van der Waals surface area contributed by atoms with E-state index in [4.69, 9.17) is 16.3 Å². The monoisotopic (exact) mass is 435 g/mol. The number of hydrogen-bond acceptors (Lipinski definition) is 7. The molecule has 8 nitrogen and oxygen atoms in total. The third-order valence-electron chi connectivity index (χ3n) is 4.84. The number of nitrogens with zero attached hydrogens (tertiary/aromatic N) is 3. The van der Waals surface area contributed by atoms with Crippen LogP contribution in [0.4, 0.5) is 5.69 Å². The average Bonchev–Trinajstić information content (AvgIpc) is 3.01. The number of halogens is 1. The van der Waals surface area contributed by atoms with Gasteiger partial charge in [0.05, 0.1) is 40.9 Å². The van der Waals surface area contributed by atoms with Crippen LogP contribution in [0.3, 0.4) is 0 Å². The van der Waals surface area contributed by atoms with E-state index in [2.05, 4.69) is 4.99 Å². The van der Waals surface area contributed by atoms with Crippen LogP contribution in [0.2, 0.25) is 5.02 Å². The van der Waals surface area contributed by atoms with Gasteiger partial charge in [-0.3, -0.25) is 14.4 Å². The zero-order valence-corrected chi connectivity index (χ0v) is 17.3. The Labute approximate surface area is 172 Å². The molecule has 1 aliphatic heterocycles. The predicted molar refractivity (Wildman–Crippen MR) is 109 cm³/mol. The number of aromatic nitrogens is 1. The van der Waals surface area contributed by atoms with Crippen LogP contribution >= 0.6 is 11.6 Å². The number of nitriles is 1. The smallest absolute Gasteiger partial charge is 0.271 e. The van der Waals surface area contributed by atoms with Crippen LogP contribution < -0.4 is 10.3 Å².